The maximum absolute atomic E-state index is 14.3. The largest absolute Gasteiger partial charge is 0.484 e. The molecule has 0 radical (unpaired) electrons. The number of hydrogen-bond donors (Lipinski definition) is 3. The molecule has 8 rings (SSSR count). The minimum Gasteiger partial charge on any atom is -0.484 e. The van der Waals surface area contributed by atoms with Crippen LogP contribution in [0.1, 0.15) is 97.1 Å². The van der Waals surface area contributed by atoms with Crippen LogP contribution in [0.3, 0.4) is 0 Å². The molecule has 1 fully saturated rings. The molecule has 0 bridgehead atoms. The lowest BCUT2D eigenvalue weighted by Crippen LogP contribution is -2.58. The summed E-state index contributed by atoms with van der Waals surface area (Å²) in [6.07, 6.45) is -0.817. The van der Waals surface area contributed by atoms with Crippen LogP contribution in [0.2, 0.25) is 0 Å². The third kappa shape index (κ3) is 9.87. The highest BCUT2D eigenvalue weighted by atomic mass is 32.1. The smallest absolute Gasteiger partial charge is 0.308 e. The SMILES string of the molecule is COC(=O)C[C@@H]1N=C(c2ccc(-c3cccc(OCC(=O)NC(C(=O)N4C[C@H](O)C[C@H]4C(=O)N[C@@H](C)c4ccc(-c5scnc5C)cc4)C(C)(C)C)c3)cc2)c2c(sc(C)c2C)-n2c(C)nnc21. The van der Waals surface area contributed by atoms with Crippen LogP contribution in [-0.4, -0.2) is 97.6 Å². The van der Waals surface area contributed by atoms with Gasteiger partial charge in [0.25, 0.3) is 5.91 Å². The van der Waals surface area contributed by atoms with Gasteiger partial charge in [-0.2, -0.15) is 0 Å². The van der Waals surface area contributed by atoms with Crippen molar-refractivity contribution in [1.29, 1.82) is 0 Å². The number of ether oxygens (including phenoxy) is 2. The topological polar surface area (TPSA) is 190 Å². The van der Waals surface area contributed by atoms with Crippen molar-refractivity contribution in [2.24, 2.45) is 10.4 Å². The zero-order valence-corrected chi connectivity index (χ0v) is 41.3. The highest BCUT2D eigenvalue weighted by Crippen LogP contribution is 2.40. The Morgan fingerprint density at radius 1 is 0.912 bits per heavy atom. The Balaban J connectivity index is 0.930. The summed E-state index contributed by atoms with van der Waals surface area (Å²) >= 11 is 3.21. The number of aromatic nitrogens is 4. The molecule has 6 aromatic rings. The summed E-state index contributed by atoms with van der Waals surface area (Å²) in [6.45, 7) is 15.0. The minimum absolute atomic E-state index is 0.00847. The Bertz CT molecular complexity index is 2900. The highest BCUT2D eigenvalue weighted by Gasteiger charge is 2.45. The molecule has 3 amide bonds. The van der Waals surface area contributed by atoms with Crippen molar-refractivity contribution in [2.45, 2.75) is 98.5 Å². The lowest BCUT2D eigenvalue weighted by Gasteiger charge is -2.35. The zero-order valence-electron chi connectivity index (χ0n) is 39.6. The van der Waals surface area contributed by atoms with E-state index in [0.717, 1.165) is 65.1 Å². The van der Waals surface area contributed by atoms with E-state index in [0.29, 0.717) is 17.4 Å². The van der Waals surface area contributed by atoms with Crippen LogP contribution in [0, 0.1) is 33.1 Å². The summed E-state index contributed by atoms with van der Waals surface area (Å²) < 4.78 is 13.0. The van der Waals surface area contributed by atoms with E-state index in [2.05, 4.69) is 39.7 Å². The number of aliphatic imine (C=N–C) groups is 1. The zero-order chi connectivity index (χ0) is 48.6. The molecule has 0 saturated carbocycles. The van der Waals surface area contributed by atoms with Crippen LogP contribution in [0.25, 0.3) is 26.6 Å². The predicted molar refractivity (Wildman–Crippen MR) is 262 cm³/mol. The van der Waals surface area contributed by atoms with Gasteiger partial charge >= 0.3 is 5.97 Å². The van der Waals surface area contributed by atoms with Gasteiger partial charge in [-0.05, 0) is 80.0 Å². The van der Waals surface area contributed by atoms with E-state index in [-0.39, 0.29) is 37.9 Å². The molecule has 3 aromatic carbocycles. The second-order valence-electron chi connectivity index (χ2n) is 18.5. The van der Waals surface area contributed by atoms with Crippen LogP contribution < -0.4 is 15.4 Å². The maximum atomic E-state index is 14.3. The van der Waals surface area contributed by atoms with Crippen LogP contribution in [-0.2, 0) is 23.9 Å². The molecule has 1 saturated heterocycles. The number of hydrogen-bond acceptors (Lipinski definition) is 13. The van der Waals surface area contributed by atoms with Gasteiger partial charge in [0.1, 0.15) is 34.7 Å². The van der Waals surface area contributed by atoms with E-state index >= 15 is 0 Å². The number of aliphatic hydroxyl groups is 1. The van der Waals surface area contributed by atoms with Gasteiger partial charge in [0.2, 0.25) is 11.8 Å². The monoisotopic (exact) mass is 956 g/mol. The lowest BCUT2D eigenvalue weighted by molar-refractivity contribution is -0.144. The van der Waals surface area contributed by atoms with Crippen LogP contribution in [0.4, 0.5) is 0 Å². The Labute approximate surface area is 403 Å². The first kappa shape index (κ1) is 47.9. The molecule has 3 N–H and O–H groups in total. The van der Waals surface area contributed by atoms with Crippen molar-refractivity contribution in [3.05, 3.63) is 123 Å². The van der Waals surface area contributed by atoms with Crippen molar-refractivity contribution >= 4 is 52.1 Å². The van der Waals surface area contributed by atoms with Crippen molar-refractivity contribution in [3.8, 4) is 32.3 Å². The third-order valence-corrected chi connectivity index (χ3v) is 14.8. The molecule has 68 heavy (non-hydrogen) atoms. The van der Waals surface area contributed by atoms with Gasteiger partial charge in [-0.3, -0.25) is 28.7 Å². The van der Waals surface area contributed by atoms with Crippen LogP contribution >= 0.6 is 22.7 Å². The molecule has 2 aliphatic rings. The molecule has 354 valence electrons. The number of nitrogens with one attached hydrogen (secondary N) is 2. The van der Waals surface area contributed by atoms with E-state index in [1.54, 1.807) is 28.7 Å². The van der Waals surface area contributed by atoms with Crippen molar-refractivity contribution in [2.75, 3.05) is 20.3 Å². The first-order valence-corrected chi connectivity index (χ1v) is 24.2. The first-order chi connectivity index (χ1) is 32.4. The molecular weight excluding hydrogens is 901 g/mol. The van der Waals surface area contributed by atoms with Crippen molar-refractivity contribution in [1.82, 2.24) is 35.3 Å². The number of thiazole rings is 1. The summed E-state index contributed by atoms with van der Waals surface area (Å²) in [7, 11) is 1.36. The predicted octanol–water partition coefficient (Wildman–Crippen LogP) is 7.56. The van der Waals surface area contributed by atoms with E-state index in [1.165, 1.54) is 12.0 Å². The number of thiophene rings is 1. The quantitative estimate of drug-likeness (QED) is 0.0975. The number of likely N-dealkylation sites (tertiary alicyclic amines) is 1. The number of carbonyl (C=O) groups is 4. The minimum atomic E-state index is -1.02. The fourth-order valence-corrected chi connectivity index (χ4v) is 10.7. The summed E-state index contributed by atoms with van der Waals surface area (Å²) in [5.41, 5.74) is 9.38. The Kier molecular flexibility index (Phi) is 13.8. The molecule has 0 aliphatic carbocycles. The number of esters is 1. The average Bonchev–Trinajstić information content (AvgIpc) is 4.09. The fraction of sp³-hybridized carbons (Fsp3) is 0.373. The number of aryl methyl sites for hydroxylation is 3. The molecule has 0 spiro atoms. The van der Waals surface area contributed by atoms with E-state index in [9.17, 15) is 24.3 Å². The van der Waals surface area contributed by atoms with Crippen molar-refractivity contribution < 1.29 is 33.8 Å². The number of β-amino-alcohol motifs (C(OH)–C–C–N with tert-alkyl or cyclic N) is 1. The second-order valence-corrected chi connectivity index (χ2v) is 20.5. The lowest BCUT2D eigenvalue weighted by atomic mass is 9.85. The first-order valence-electron chi connectivity index (χ1n) is 22.5. The molecule has 17 heteroatoms. The molecule has 3 aromatic heterocycles. The normalized spacial score (nSPS) is 17.6. The third-order valence-electron chi connectivity index (χ3n) is 12.6. The standard InChI is InChI=1S/C51H56N8O7S2/c1-27-30(4)68-50-43(27)44(54-39(23-42(62)65-9)47-57-56-31(5)59(47)50)34-17-15-33(16-18-34)36-11-10-12-38(21-36)66-25-41(61)55-46(51(6,7)8)49(64)58-24-37(60)22-40(58)48(63)53-28(2)32-13-19-35(20-14-32)45-29(3)52-26-67-45/h10-21,26,28,37,39-40,46,60H,22-25H2,1-9H3,(H,53,63)(H,55,61)/t28-,37+,39-,40-,46?/m0/s1. The summed E-state index contributed by atoms with van der Waals surface area (Å²) in [5, 5.41) is 26.4. The summed E-state index contributed by atoms with van der Waals surface area (Å²) in [4.78, 5) is 67.3. The molecule has 1 unspecified atom stereocenters. The van der Waals surface area contributed by atoms with E-state index in [4.69, 9.17) is 14.5 Å². The number of nitrogens with zero attached hydrogens (tertiary/aromatic N) is 6. The molecule has 15 nitrogen and oxygen atoms in total. The van der Waals surface area contributed by atoms with Gasteiger partial charge in [0.15, 0.2) is 12.4 Å². The van der Waals surface area contributed by atoms with Crippen LogP contribution in [0.15, 0.2) is 83.3 Å². The van der Waals surface area contributed by atoms with E-state index in [1.807, 2.05) is 118 Å². The number of rotatable bonds is 13. The number of benzene rings is 3. The van der Waals surface area contributed by atoms with Gasteiger partial charge in [-0.1, -0.05) is 81.4 Å². The maximum Gasteiger partial charge on any atom is 0.308 e. The Morgan fingerprint density at radius 2 is 1.62 bits per heavy atom. The fourth-order valence-electron chi connectivity index (χ4n) is 8.72. The Hall–Kier alpha value is -6.56. The van der Waals surface area contributed by atoms with Crippen LogP contribution in [0.5, 0.6) is 5.75 Å². The number of aliphatic hydroxyl groups excluding tert-OH is 1. The molecule has 5 atom stereocenters. The second kappa shape index (κ2) is 19.6. The summed E-state index contributed by atoms with van der Waals surface area (Å²) in [5.74, 6) is -0.0144. The number of amides is 3. The van der Waals surface area contributed by atoms with E-state index < -0.39 is 47.4 Å². The molecule has 5 heterocycles. The van der Waals surface area contributed by atoms with Gasteiger partial charge < -0.3 is 30.1 Å². The van der Waals surface area contributed by atoms with Gasteiger partial charge in [-0.15, -0.1) is 32.9 Å². The van der Waals surface area contributed by atoms with Gasteiger partial charge in [-0.25, -0.2) is 4.98 Å². The van der Waals surface area contributed by atoms with Gasteiger partial charge in [0, 0.05) is 29.0 Å². The highest BCUT2D eigenvalue weighted by molar-refractivity contribution is 7.15. The molecule has 2 aliphatic heterocycles. The number of carbonyl (C=O) groups excluding carboxylic acids is 4. The Morgan fingerprint density at radius 3 is 2.29 bits per heavy atom. The summed E-state index contributed by atoms with van der Waals surface area (Å²) in [6, 6.07) is 20.4. The van der Waals surface area contributed by atoms with Crippen molar-refractivity contribution in [3.63, 3.8) is 0 Å². The number of methoxy groups -OCH3 is 1. The molecular formula is C51H56N8O7S2. The number of fused-ring (bicyclic) bond motifs is 3. The average molecular weight is 957 g/mol. The van der Waals surface area contributed by atoms with Gasteiger partial charge in [0.05, 0.1) is 47.5 Å².